The van der Waals surface area contributed by atoms with Gasteiger partial charge in [0.1, 0.15) is 11.5 Å². The fourth-order valence-electron chi connectivity index (χ4n) is 4.07. The first kappa shape index (κ1) is 26.0. The van der Waals surface area contributed by atoms with Gasteiger partial charge in [0.2, 0.25) is 11.8 Å². The molecule has 186 valence electrons. The molecular weight excluding hydrogens is 444 g/mol. The second-order valence-corrected chi connectivity index (χ2v) is 8.56. The van der Waals surface area contributed by atoms with Gasteiger partial charge < -0.3 is 19.2 Å². The smallest absolute Gasteiger partial charge is 0.331 e. The number of amides is 1. The van der Waals surface area contributed by atoms with E-state index in [1.54, 1.807) is 24.3 Å². The number of carbonyl (C=O) groups is 2. The normalized spacial score (nSPS) is 16.2. The number of fused-ring (bicyclic) bond motifs is 1. The van der Waals surface area contributed by atoms with Gasteiger partial charge in [-0.2, -0.15) is 0 Å². The van der Waals surface area contributed by atoms with Crippen LogP contribution in [0, 0.1) is 6.92 Å². The van der Waals surface area contributed by atoms with E-state index < -0.39 is 12.0 Å². The molecule has 0 spiro atoms. The minimum absolute atomic E-state index is 0.326. The molecule has 0 saturated carbocycles. The number of allylic oxidation sites excluding steroid dienone is 5. The zero-order valence-electron chi connectivity index (χ0n) is 20.9. The highest BCUT2D eigenvalue weighted by Gasteiger charge is 2.35. The summed E-state index contributed by atoms with van der Waals surface area (Å²) in [6, 6.07) is 4.42. The molecule has 1 aliphatic rings. The topological polar surface area (TPSA) is 92.9 Å². The third-order valence-corrected chi connectivity index (χ3v) is 5.98. The quantitative estimate of drug-likeness (QED) is 0.361. The first-order valence-electron chi connectivity index (χ1n) is 12.1. The second kappa shape index (κ2) is 12.2. The van der Waals surface area contributed by atoms with Crippen LogP contribution in [-0.4, -0.2) is 40.0 Å². The summed E-state index contributed by atoms with van der Waals surface area (Å²) < 4.78 is 11.8. The van der Waals surface area contributed by atoms with Crippen LogP contribution in [0.4, 0.5) is 0 Å². The molecule has 35 heavy (non-hydrogen) atoms. The van der Waals surface area contributed by atoms with E-state index in [1.165, 1.54) is 11.0 Å². The molecule has 0 saturated heterocycles. The predicted octanol–water partition coefficient (Wildman–Crippen LogP) is 5.45. The van der Waals surface area contributed by atoms with Crippen molar-refractivity contribution in [3.05, 3.63) is 77.1 Å². The van der Waals surface area contributed by atoms with Crippen LogP contribution in [0.2, 0.25) is 0 Å². The number of aromatic nitrogens is 1. The predicted molar refractivity (Wildman–Crippen MR) is 135 cm³/mol. The monoisotopic (exact) mass is 478 g/mol. The fraction of sp³-hybridized carbons (Fsp3) is 0.393. The van der Waals surface area contributed by atoms with Crippen LogP contribution in [0.1, 0.15) is 68.1 Å². The van der Waals surface area contributed by atoms with Crippen molar-refractivity contribution in [3.8, 4) is 5.75 Å². The number of aliphatic carboxylic acids is 1. The van der Waals surface area contributed by atoms with Crippen LogP contribution in [0.3, 0.4) is 0 Å². The summed E-state index contributed by atoms with van der Waals surface area (Å²) in [6.07, 6.45) is 11.9. The molecule has 1 N–H and O–H groups in total. The number of carbonyl (C=O) groups excluding carboxylic acids is 1. The molecule has 2 heterocycles. The van der Waals surface area contributed by atoms with E-state index in [9.17, 15) is 14.7 Å². The minimum atomic E-state index is -1.06. The van der Waals surface area contributed by atoms with Crippen LogP contribution in [0.5, 0.6) is 5.75 Å². The van der Waals surface area contributed by atoms with Crippen molar-refractivity contribution >= 4 is 17.4 Å². The Kier molecular flexibility index (Phi) is 9.06. The van der Waals surface area contributed by atoms with Gasteiger partial charge in [0, 0.05) is 24.6 Å². The lowest BCUT2D eigenvalue weighted by Crippen LogP contribution is -2.42. The number of hydrogen-bond acceptors (Lipinski definition) is 5. The van der Waals surface area contributed by atoms with E-state index in [4.69, 9.17) is 9.15 Å². The average molecular weight is 479 g/mol. The Morgan fingerprint density at radius 1 is 1.31 bits per heavy atom. The fourth-order valence-corrected chi connectivity index (χ4v) is 4.07. The van der Waals surface area contributed by atoms with E-state index >= 15 is 0 Å². The average Bonchev–Trinajstić information content (AvgIpc) is 3.22. The van der Waals surface area contributed by atoms with Gasteiger partial charge in [-0.15, -0.1) is 0 Å². The Morgan fingerprint density at radius 3 is 2.83 bits per heavy atom. The van der Waals surface area contributed by atoms with Crippen molar-refractivity contribution in [1.29, 1.82) is 0 Å². The molecule has 0 bridgehead atoms. The highest BCUT2D eigenvalue weighted by Crippen LogP contribution is 2.33. The lowest BCUT2D eigenvalue weighted by molar-refractivity contribution is -0.149. The molecule has 1 unspecified atom stereocenters. The van der Waals surface area contributed by atoms with Crippen molar-refractivity contribution in [3.63, 3.8) is 0 Å². The van der Waals surface area contributed by atoms with Crippen molar-refractivity contribution in [1.82, 2.24) is 9.88 Å². The Labute approximate surface area is 206 Å². The molecule has 1 aliphatic heterocycles. The zero-order chi connectivity index (χ0) is 25.4. The molecular formula is C28H34N2O5. The van der Waals surface area contributed by atoms with Crippen molar-refractivity contribution in [2.45, 2.75) is 59.4 Å². The van der Waals surface area contributed by atoms with Gasteiger partial charge in [0.25, 0.3) is 0 Å². The van der Waals surface area contributed by atoms with Crippen molar-refractivity contribution in [2.75, 3.05) is 13.2 Å². The van der Waals surface area contributed by atoms with Crippen LogP contribution in [-0.2, 0) is 22.4 Å². The lowest BCUT2D eigenvalue weighted by atomic mass is 9.92. The molecule has 0 aliphatic carbocycles. The van der Waals surface area contributed by atoms with Gasteiger partial charge in [-0.1, -0.05) is 43.7 Å². The number of oxazole rings is 1. The molecule has 0 radical (unpaired) electrons. The summed E-state index contributed by atoms with van der Waals surface area (Å²) in [5, 5.41) is 9.93. The third-order valence-electron chi connectivity index (χ3n) is 5.98. The Morgan fingerprint density at radius 2 is 2.11 bits per heavy atom. The number of aryl methyl sites for hydroxylation is 1. The summed E-state index contributed by atoms with van der Waals surface area (Å²) in [5.74, 6) is 0.581. The number of unbranched alkanes of at least 4 members (excludes halogenated alkanes) is 1. The first-order chi connectivity index (χ1) is 16.8. The van der Waals surface area contributed by atoms with Crippen LogP contribution < -0.4 is 4.74 Å². The molecule has 1 aromatic carbocycles. The summed E-state index contributed by atoms with van der Waals surface area (Å²) >= 11 is 0. The summed E-state index contributed by atoms with van der Waals surface area (Å²) in [7, 11) is 0. The number of rotatable bonds is 10. The molecule has 1 amide bonds. The number of carboxylic acid groups (broad SMARTS) is 1. The lowest BCUT2D eigenvalue weighted by Gasteiger charge is -2.34. The van der Waals surface area contributed by atoms with E-state index in [1.807, 2.05) is 32.9 Å². The van der Waals surface area contributed by atoms with E-state index in [-0.39, 0.29) is 5.91 Å². The maximum atomic E-state index is 12.6. The number of benzene rings is 1. The van der Waals surface area contributed by atoms with Crippen molar-refractivity contribution < 1.29 is 23.8 Å². The number of hydrogen-bond donors (Lipinski definition) is 1. The third kappa shape index (κ3) is 6.50. The Balaban J connectivity index is 1.71. The minimum Gasteiger partial charge on any atom is -0.493 e. The summed E-state index contributed by atoms with van der Waals surface area (Å²) in [6.45, 7) is 8.59. The van der Waals surface area contributed by atoms with E-state index in [0.717, 1.165) is 35.4 Å². The van der Waals surface area contributed by atoms with Gasteiger partial charge in [0.05, 0.1) is 12.3 Å². The number of ether oxygens (including phenoxy) is 1. The van der Waals surface area contributed by atoms with Gasteiger partial charge in [-0.3, -0.25) is 4.79 Å². The molecule has 1 atom stereocenters. The summed E-state index contributed by atoms with van der Waals surface area (Å²) in [5.41, 5.74) is 3.37. The Hall–Kier alpha value is -3.61. The number of carboxylic acids is 1. The van der Waals surface area contributed by atoms with Crippen LogP contribution in [0.25, 0.3) is 5.57 Å². The van der Waals surface area contributed by atoms with Crippen LogP contribution in [0.15, 0.2) is 53.0 Å². The van der Waals surface area contributed by atoms with Gasteiger partial charge in [-0.05, 0) is 56.9 Å². The summed E-state index contributed by atoms with van der Waals surface area (Å²) in [4.78, 5) is 30.8. The first-order valence-corrected chi connectivity index (χ1v) is 12.1. The maximum absolute atomic E-state index is 12.6. The Bertz CT molecular complexity index is 1140. The second-order valence-electron chi connectivity index (χ2n) is 8.56. The SMILES string of the molecule is CC=CC=CC(=O)N1CCc2ccc(OCCc3nc(/C(C)=C/CCC)oc3C)cc2C1C(=O)O. The standard InChI is InChI=1S/C28H34N2O5/c1-5-7-9-11-25(31)30-16-14-21-12-13-22(18-23(21)26(30)28(32)33)34-17-15-24-20(4)35-27(29-24)19(3)10-8-6-2/h5,7,9-13,18,26H,6,8,14-17H2,1-4H3,(H,32,33)/b7-5?,11-9?,19-10+. The van der Waals surface area contributed by atoms with Gasteiger partial charge >= 0.3 is 5.97 Å². The zero-order valence-corrected chi connectivity index (χ0v) is 20.9. The van der Waals surface area contributed by atoms with Crippen LogP contribution >= 0.6 is 0 Å². The highest BCUT2D eigenvalue weighted by molar-refractivity contribution is 5.92. The molecule has 7 heteroatoms. The highest BCUT2D eigenvalue weighted by atomic mass is 16.5. The number of nitrogens with zero attached hydrogens (tertiary/aromatic N) is 2. The molecule has 1 aromatic heterocycles. The van der Waals surface area contributed by atoms with Gasteiger partial charge in [-0.25, -0.2) is 9.78 Å². The largest absolute Gasteiger partial charge is 0.493 e. The molecule has 2 aromatic rings. The van der Waals surface area contributed by atoms with E-state index in [0.29, 0.717) is 43.2 Å². The van der Waals surface area contributed by atoms with E-state index in [2.05, 4.69) is 18.0 Å². The molecule has 3 rings (SSSR count). The van der Waals surface area contributed by atoms with Gasteiger partial charge in [0.15, 0.2) is 6.04 Å². The maximum Gasteiger partial charge on any atom is 0.331 e. The molecule has 7 nitrogen and oxygen atoms in total. The van der Waals surface area contributed by atoms with Crippen molar-refractivity contribution in [2.24, 2.45) is 0 Å². The molecule has 0 fully saturated rings.